The average molecular weight is 475 g/mol. The number of rotatable bonds is 8. The molecular formula is C23H23ClN2O5S. The summed E-state index contributed by atoms with van der Waals surface area (Å²) in [6.07, 6.45) is 1.03. The molecule has 3 aromatic rings. The summed E-state index contributed by atoms with van der Waals surface area (Å²) in [6.45, 7) is 1.36. The molecule has 0 aromatic heterocycles. The highest BCUT2D eigenvalue weighted by Gasteiger charge is 2.24. The van der Waals surface area contributed by atoms with Gasteiger partial charge in [0.05, 0.1) is 24.7 Å². The minimum absolute atomic E-state index is 0.275. The Morgan fingerprint density at radius 2 is 1.72 bits per heavy atom. The largest absolute Gasteiger partial charge is 0.495 e. The van der Waals surface area contributed by atoms with E-state index in [4.69, 9.17) is 21.1 Å². The zero-order valence-corrected chi connectivity index (χ0v) is 19.4. The first-order chi connectivity index (χ1) is 15.2. The number of ether oxygens (including phenoxy) is 2. The van der Waals surface area contributed by atoms with Gasteiger partial charge in [0.1, 0.15) is 18.0 Å². The second kappa shape index (κ2) is 9.93. The van der Waals surface area contributed by atoms with Crippen molar-refractivity contribution in [2.45, 2.75) is 6.92 Å². The number of anilines is 2. The van der Waals surface area contributed by atoms with Crippen LogP contribution in [0.4, 0.5) is 11.4 Å². The summed E-state index contributed by atoms with van der Waals surface area (Å²) in [5.74, 6) is 0.712. The summed E-state index contributed by atoms with van der Waals surface area (Å²) >= 11 is 6.10. The lowest BCUT2D eigenvalue weighted by molar-refractivity contribution is -0.114. The Hall–Kier alpha value is -3.23. The number of methoxy groups -OCH3 is 1. The van der Waals surface area contributed by atoms with Crippen LogP contribution in [0.3, 0.4) is 0 Å². The van der Waals surface area contributed by atoms with Gasteiger partial charge in [0.15, 0.2) is 5.75 Å². The summed E-state index contributed by atoms with van der Waals surface area (Å²) in [4.78, 5) is 12.9. The molecule has 0 heterocycles. The van der Waals surface area contributed by atoms with Crippen LogP contribution in [0.25, 0.3) is 0 Å². The van der Waals surface area contributed by atoms with E-state index >= 15 is 0 Å². The molecule has 7 nitrogen and oxygen atoms in total. The van der Waals surface area contributed by atoms with Gasteiger partial charge >= 0.3 is 0 Å². The molecule has 0 aliphatic heterocycles. The van der Waals surface area contributed by atoms with E-state index in [2.05, 4.69) is 5.32 Å². The van der Waals surface area contributed by atoms with Crippen LogP contribution < -0.4 is 19.1 Å². The summed E-state index contributed by atoms with van der Waals surface area (Å²) in [5.41, 5.74) is 1.41. The van der Waals surface area contributed by atoms with Gasteiger partial charge in [-0.15, -0.1) is 0 Å². The number of sulfonamides is 1. The number of amides is 1. The topological polar surface area (TPSA) is 84.9 Å². The third-order valence-electron chi connectivity index (χ3n) is 4.48. The SMILES string of the molecule is COc1ccc(C)cc1N(CC(=O)Nc1cc(Cl)ccc1Oc1ccccc1)S(C)(=O)=O. The van der Waals surface area contributed by atoms with Crippen molar-refractivity contribution < 1.29 is 22.7 Å². The second-order valence-corrected chi connectivity index (χ2v) is 9.39. The molecule has 0 radical (unpaired) electrons. The number of aryl methyl sites for hydroxylation is 1. The standard InChI is InChI=1S/C23H23ClN2O5S/c1-16-9-11-22(30-2)20(13-16)26(32(3,28)29)15-23(27)25-19-14-17(24)10-12-21(19)31-18-7-5-4-6-8-18/h4-14H,15H2,1-3H3,(H,25,27). The minimum Gasteiger partial charge on any atom is -0.495 e. The molecular weight excluding hydrogens is 452 g/mol. The Morgan fingerprint density at radius 1 is 1.03 bits per heavy atom. The van der Waals surface area contributed by atoms with Gasteiger partial charge in [-0.3, -0.25) is 9.10 Å². The van der Waals surface area contributed by atoms with Gasteiger partial charge < -0.3 is 14.8 Å². The Kier molecular flexibility index (Phi) is 7.27. The Bertz CT molecular complexity index is 1220. The number of benzene rings is 3. The predicted octanol–water partition coefficient (Wildman–Crippen LogP) is 4.85. The van der Waals surface area contributed by atoms with Crippen molar-refractivity contribution in [3.8, 4) is 17.2 Å². The maximum Gasteiger partial charge on any atom is 0.245 e. The Labute approximate surface area is 192 Å². The van der Waals surface area contributed by atoms with Crippen LogP contribution in [-0.4, -0.2) is 34.2 Å². The van der Waals surface area contributed by atoms with E-state index in [9.17, 15) is 13.2 Å². The maximum absolute atomic E-state index is 12.9. The molecule has 0 saturated heterocycles. The number of nitrogens with zero attached hydrogens (tertiary/aromatic N) is 1. The highest BCUT2D eigenvalue weighted by Crippen LogP contribution is 2.33. The van der Waals surface area contributed by atoms with Crippen molar-refractivity contribution >= 4 is 38.9 Å². The van der Waals surface area contributed by atoms with Gasteiger partial charge in [0.2, 0.25) is 15.9 Å². The first kappa shape index (κ1) is 23.4. The van der Waals surface area contributed by atoms with Crippen molar-refractivity contribution in [1.82, 2.24) is 0 Å². The first-order valence-electron chi connectivity index (χ1n) is 9.62. The molecule has 1 N–H and O–H groups in total. The number of hydrogen-bond acceptors (Lipinski definition) is 5. The van der Waals surface area contributed by atoms with Gasteiger partial charge in [-0.25, -0.2) is 8.42 Å². The number of carbonyl (C=O) groups excluding carboxylic acids is 1. The third-order valence-corrected chi connectivity index (χ3v) is 5.84. The van der Waals surface area contributed by atoms with E-state index in [1.165, 1.54) is 13.2 Å². The number of carbonyl (C=O) groups is 1. The van der Waals surface area contributed by atoms with Gasteiger partial charge in [0, 0.05) is 5.02 Å². The smallest absolute Gasteiger partial charge is 0.245 e. The fourth-order valence-corrected chi connectivity index (χ4v) is 4.02. The van der Waals surface area contributed by atoms with Crippen LogP contribution in [0.15, 0.2) is 66.7 Å². The number of hydrogen-bond donors (Lipinski definition) is 1. The number of halogens is 1. The van der Waals surface area contributed by atoms with Crippen LogP contribution in [0.2, 0.25) is 5.02 Å². The van der Waals surface area contributed by atoms with Crippen LogP contribution in [-0.2, 0) is 14.8 Å². The lowest BCUT2D eigenvalue weighted by atomic mass is 10.2. The van der Waals surface area contributed by atoms with E-state index in [-0.39, 0.29) is 5.69 Å². The zero-order chi connectivity index (χ0) is 23.3. The normalized spacial score (nSPS) is 11.0. The van der Waals surface area contributed by atoms with E-state index < -0.39 is 22.5 Å². The minimum atomic E-state index is -3.79. The van der Waals surface area contributed by atoms with Gasteiger partial charge in [0.25, 0.3) is 0 Å². The molecule has 0 saturated carbocycles. The van der Waals surface area contributed by atoms with Crippen LogP contribution in [0.5, 0.6) is 17.2 Å². The molecule has 1 amide bonds. The molecule has 0 bridgehead atoms. The van der Waals surface area contributed by atoms with Crippen molar-refractivity contribution in [3.05, 3.63) is 77.3 Å². The summed E-state index contributed by atoms with van der Waals surface area (Å²) in [7, 11) is -2.35. The highest BCUT2D eigenvalue weighted by atomic mass is 35.5. The predicted molar refractivity (Wildman–Crippen MR) is 127 cm³/mol. The van der Waals surface area contributed by atoms with Gasteiger partial charge in [-0.2, -0.15) is 0 Å². The Balaban J connectivity index is 1.88. The molecule has 0 spiro atoms. The molecule has 0 unspecified atom stereocenters. The first-order valence-corrected chi connectivity index (χ1v) is 11.8. The maximum atomic E-state index is 12.9. The molecule has 32 heavy (non-hydrogen) atoms. The number of para-hydroxylation sites is 1. The summed E-state index contributed by atoms with van der Waals surface area (Å²) < 4.78 is 37.2. The monoisotopic (exact) mass is 474 g/mol. The van der Waals surface area contributed by atoms with E-state index in [0.29, 0.717) is 28.0 Å². The molecule has 0 aliphatic rings. The fraction of sp³-hybridized carbons (Fsp3) is 0.174. The summed E-state index contributed by atoms with van der Waals surface area (Å²) in [6, 6.07) is 18.9. The van der Waals surface area contributed by atoms with Gasteiger partial charge in [-0.05, 0) is 55.0 Å². The molecule has 3 rings (SSSR count). The second-order valence-electron chi connectivity index (χ2n) is 7.05. The molecule has 0 fully saturated rings. The molecule has 9 heteroatoms. The quantitative estimate of drug-likeness (QED) is 0.504. The van der Waals surface area contributed by atoms with Crippen molar-refractivity contribution in [2.75, 3.05) is 29.5 Å². The Morgan fingerprint density at radius 3 is 2.38 bits per heavy atom. The fourth-order valence-electron chi connectivity index (χ4n) is 3.00. The van der Waals surface area contributed by atoms with Crippen molar-refractivity contribution in [3.63, 3.8) is 0 Å². The molecule has 168 valence electrons. The van der Waals surface area contributed by atoms with Crippen LogP contribution in [0, 0.1) is 6.92 Å². The van der Waals surface area contributed by atoms with Gasteiger partial charge in [-0.1, -0.05) is 35.9 Å². The molecule has 0 atom stereocenters. The lowest BCUT2D eigenvalue weighted by Gasteiger charge is -2.24. The highest BCUT2D eigenvalue weighted by molar-refractivity contribution is 7.92. The summed E-state index contributed by atoms with van der Waals surface area (Å²) in [5, 5.41) is 3.09. The van der Waals surface area contributed by atoms with E-state index in [1.54, 1.807) is 42.5 Å². The third kappa shape index (κ3) is 5.93. The van der Waals surface area contributed by atoms with E-state index in [0.717, 1.165) is 16.1 Å². The average Bonchev–Trinajstić information content (AvgIpc) is 2.74. The molecule has 0 aliphatic carbocycles. The molecule has 3 aromatic carbocycles. The number of nitrogens with one attached hydrogen (secondary N) is 1. The van der Waals surface area contributed by atoms with Crippen LogP contribution >= 0.6 is 11.6 Å². The van der Waals surface area contributed by atoms with Crippen molar-refractivity contribution in [2.24, 2.45) is 0 Å². The zero-order valence-electron chi connectivity index (χ0n) is 17.8. The van der Waals surface area contributed by atoms with Crippen molar-refractivity contribution in [1.29, 1.82) is 0 Å². The van der Waals surface area contributed by atoms with Crippen LogP contribution in [0.1, 0.15) is 5.56 Å². The van der Waals surface area contributed by atoms with E-state index in [1.807, 2.05) is 25.1 Å². The lowest BCUT2D eigenvalue weighted by Crippen LogP contribution is -2.37.